The molecular formula is C15H17N3O2. The molecule has 1 amide bonds. The molecule has 1 fully saturated rings. The number of nitrogens with two attached hydrogens (primary N) is 1. The molecule has 20 heavy (non-hydrogen) atoms. The quantitative estimate of drug-likeness (QED) is 0.881. The van der Waals surface area contributed by atoms with Crippen LogP contribution in [0.25, 0.3) is 10.9 Å². The van der Waals surface area contributed by atoms with Gasteiger partial charge in [-0.2, -0.15) is 0 Å². The van der Waals surface area contributed by atoms with Crippen molar-refractivity contribution in [2.45, 2.75) is 18.9 Å². The summed E-state index contributed by atoms with van der Waals surface area (Å²) in [4.78, 5) is 18.6. The minimum Gasteiger partial charge on any atom is -0.398 e. The lowest BCUT2D eigenvalue weighted by Crippen LogP contribution is -2.36. The molecule has 1 aliphatic rings. The van der Waals surface area contributed by atoms with Crippen molar-refractivity contribution in [3.63, 3.8) is 0 Å². The molecular weight excluding hydrogens is 254 g/mol. The standard InChI is InChI=1S/C15H17N3O2/c16-12-9-14(17-13-4-2-1-3-11(12)13)15(20)18(7-8-19)10-5-6-10/h1-4,9-10,19H,5-8H2,(H2,16,17). The highest BCUT2D eigenvalue weighted by atomic mass is 16.3. The second-order valence-corrected chi connectivity index (χ2v) is 5.07. The van der Waals surface area contributed by atoms with Gasteiger partial charge in [-0.1, -0.05) is 18.2 Å². The number of para-hydroxylation sites is 1. The predicted molar refractivity (Wildman–Crippen MR) is 77.3 cm³/mol. The number of aliphatic hydroxyl groups is 1. The second kappa shape index (κ2) is 5.09. The van der Waals surface area contributed by atoms with E-state index in [1.54, 1.807) is 11.0 Å². The van der Waals surface area contributed by atoms with Crippen molar-refractivity contribution < 1.29 is 9.90 Å². The van der Waals surface area contributed by atoms with Gasteiger partial charge < -0.3 is 15.7 Å². The van der Waals surface area contributed by atoms with Crippen LogP contribution in [-0.2, 0) is 0 Å². The van der Waals surface area contributed by atoms with Crippen molar-refractivity contribution in [3.8, 4) is 0 Å². The zero-order valence-corrected chi connectivity index (χ0v) is 11.1. The van der Waals surface area contributed by atoms with Crippen LogP contribution in [0.5, 0.6) is 0 Å². The molecule has 1 saturated carbocycles. The molecule has 3 N–H and O–H groups in total. The summed E-state index contributed by atoms with van der Waals surface area (Å²) in [5.41, 5.74) is 7.62. The molecule has 0 unspecified atom stereocenters. The molecule has 1 aromatic carbocycles. The maximum absolute atomic E-state index is 12.5. The van der Waals surface area contributed by atoms with Gasteiger partial charge in [-0.15, -0.1) is 0 Å². The van der Waals surface area contributed by atoms with Gasteiger partial charge in [-0.05, 0) is 25.0 Å². The highest BCUT2D eigenvalue weighted by Gasteiger charge is 2.33. The van der Waals surface area contributed by atoms with E-state index in [4.69, 9.17) is 10.8 Å². The van der Waals surface area contributed by atoms with E-state index in [2.05, 4.69) is 4.98 Å². The second-order valence-electron chi connectivity index (χ2n) is 5.07. The highest BCUT2D eigenvalue weighted by molar-refractivity contribution is 5.99. The number of aromatic nitrogens is 1. The van der Waals surface area contributed by atoms with Crippen LogP contribution in [0.3, 0.4) is 0 Å². The summed E-state index contributed by atoms with van der Waals surface area (Å²) in [5, 5.41) is 9.95. The summed E-state index contributed by atoms with van der Waals surface area (Å²) in [5.74, 6) is -0.154. The highest BCUT2D eigenvalue weighted by Crippen LogP contribution is 2.28. The van der Waals surface area contributed by atoms with E-state index in [0.29, 0.717) is 17.9 Å². The first-order chi connectivity index (χ1) is 9.70. The Bertz CT molecular complexity index is 653. The Morgan fingerprint density at radius 2 is 2.15 bits per heavy atom. The van der Waals surface area contributed by atoms with Gasteiger partial charge in [0.1, 0.15) is 5.69 Å². The minimum atomic E-state index is -0.154. The van der Waals surface area contributed by atoms with E-state index in [1.807, 2.05) is 24.3 Å². The summed E-state index contributed by atoms with van der Waals surface area (Å²) in [6.07, 6.45) is 1.99. The molecule has 0 bridgehead atoms. The van der Waals surface area contributed by atoms with Crippen molar-refractivity contribution in [2.75, 3.05) is 18.9 Å². The summed E-state index contributed by atoms with van der Waals surface area (Å²) in [7, 11) is 0. The number of nitrogen functional groups attached to an aromatic ring is 1. The zero-order valence-electron chi connectivity index (χ0n) is 11.1. The van der Waals surface area contributed by atoms with Gasteiger partial charge in [0.05, 0.1) is 12.1 Å². The fraction of sp³-hybridized carbons (Fsp3) is 0.333. The first-order valence-corrected chi connectivity index (χ1v) is 6.78. The Hall–Kier alpha value is -2.14. The fourth-order valence-electron chi connectivity index (χ4n) is 2.40. The number of rotatable bonds is 4. The number of amides is 1. The Balaban J connectivity index is 1.98. The number of pyridine rings is 1. The Morgan fingerprint density at radius 3 is 2.85 bits per heavy atom. The fourth-order valence-corrected chi connectivity index (χ4v) is 2.40. The third kappa shape index (κ3) is 2.32. The average Bonchev–Trinajstić information content (AvgIpc) is 3.28. The van der Waals surface area contributed by atoms with Crippen LogP contribution in [-0.4, -0.2) is 40.1 Å². The van der Waals surface area contributed by atoms with Crippen LogP contribution in [0.1, 0.15) is 23.3 Å². The van der Waals surface area contributed by atoms with E-state index < -0.39 is 0 Å². The molecule has 1 heterocycles. The number of carbonyl (C=O) groups is 1. The first-order valence-electron chi connectivity index (χ1n) is 6.78. The molecule has 3 rings (SSSR count). The maximum atomic E-state index is 12.5. The van der Waals surface area contributed by atoms with E-state index in [9.17, 15) is 4.79 Å². The molecule has 0 atom stereocenters. The number of benzene rings is 1. The first kappa shape index (κ1) is 12.9. The molecule has 0 radical (unpaired) electrons. The number of hydrogen-bond donors (Lipinski definition) is 2. The van der Waals surface area contributed by atoms with E-state index in [0.717, 1.165) is 23.7 Å². The van der Waals surface area contributed by atoms with Gasteiger partial charge in [-0.3, -0.25) is 4.79 Å². The van der Waals surface area contributed by atoms with E-state index in [1.165, 1.54) is 0 Å². The van der Waals surface area contributed by atoms with Gasteiger partial charge in [0.15, 0.2) is 0 Å². The number of fused-ring (bicyclic) bond motifs is 1. The van der Waals surface area contributed by atoms with Crippen molar-refractivity contribution in [3.05, 3.63) is 36.0 Å². The van der Waals surface area contributed by atoms with Gasteiger partial charge in [-0.25, -0.2) is 4.98 Å². The molecule has 1 aliphatic carbocycles. The Labute approximate surface area is 117 Å². The number of aliphatic hydroxyl groups excluding tert-OH is 1. The molecule has 1 aromatic heterocycles. The van der Waals surface area contributed by atoms with E-state index >= 15 is 0 Å². The summed E-state index contributed by atoms with van der Waals surface area (Å²) in [6.45, 7) is 0.309. The van der Waals surface area contributed by atoms with Gasteiger partial charge in [0.2, 0.25) is 0 Å². The Kier molecular flexibility index (Phi) is 3.28. The van der Waals surface area contributed by atoms with E-state index in [-0.39, 0.29) is 18.6 Å². The zero-order chi connectivity index (χ0) is 14.1. The normalized spacial score (nSPS) is 14.4. The van der Waals surface area contributed by atoms with Crippen LogP contribution in [0.4, 0.5) is 5.69 Å². The van der Waals surface area contributed by atoms with Crippen LogP contribution in [0, 0.1) is 0 Å². The minimum absolute atomic E-state index is 0.0364. The number of nitrogens with zero attached hydrogens (tertiary/aromatic N) is 2. The molecule has 0 saturated heterocycles. The van der Waals surface area contributed by atoms with Gasteiger partial charge in [0.25, 0.3) is 5.91 Å². The lowest BCUT2D eigenvalue weighted by atomic mass is 10.1. The third-order valence-corrected chi connectivity index (χ3v) is 3.56. The SMILES string of the molecule is Nc1cc(C(=O)N(CCO)C2CC2)nc2ccccc12. The summed E-state index contributed by atoms with van der Waals surface area (Å²) < 4.78 is 0. The summed E-state index contributed by atoms with van der Waals surface area (Å²) in [6, 6.07) is 9.36. The van der Waals surface area contributed by atoms with Gasteiger partial charge >= 0.3 is 0 Å². The molecule has 2 aromatic rings. The van der Waals surface area contributed by atoms with Crippen LogP contribution >= 0.6 is 0 Å². The predicted octanol–water partition coefficient (Wildman–Crippen LogP) is 1.41. The third-order valence-electron chi connectivity index (χ3n) is 3.56. The molecule has 0 aliphatic heterocycles. The molecule has 0 spiro atoms. The van der Waals surface area contributed by atoms with Gasteiger partial charge in [0, 0.05) is 23.7 Å². The number of hydrogen-bond acceptors (Lipinski definition) is 4. The van der Waals surface area contributed by atoms with Crippen molar-refractivity contribution in [2.24, 2.45) is 0 Å². The van der Waals surface area contributed by atoms with Crippen LogP contribution in [0.2, 0.25) is 0 Å². The maximum Gasteiger partial charge on any atom is 0.272 e. The molecule has 104 valence electrons. The monoisotopic (exact) mass is 271 g/mol. The summed E-state index contributed by atoms with van der Waals surface area (Å²) >= 11 is 0. The Morgan fingerprint density at radius 1 is 1.40 bits per heavy atom. The van der Waals surface area contributed by atoms with Crippen molar-refractivity contribution >= 4 is 22.5 Å². The molecule has 5 nitrogen and oxygen atoms in total. The lowest BCUT2D eigenvalue weighted by molar-refractivity contribution is 0.0702. The van der Waals surface area contributed by atoms with Crippen molar-refractivity contribution in [1.29, 1.82) is 0 Å². The average molecular weight is 271 g/mol. The number of carbonyl (C=O) groups excluding carboxylic acids is 1. The van der Waals surface area contributed by atoms with Crippen molar-refractivity contribution in [1.82, 2.24) is 9.88 Å². The van der Waals surface area contributed by atoms with Crippen LogP contribution in [0.15, 0.2) is 30.3 Å². The topological polar surface area (TPSA) is 79.5 Å². The van der Waals surface area contributed by atoms with Crippen LogP contribution < -0.4 is 5.73 Å². The largest absolute Gasteiger partial charge is 0.398 e. The smallest absolute Gasteiger partial charge is 0.272 e. The lowest BCUT2D eigenvalue weighted by Gasteiger charge is -2.21. The molecule has 5 heteroatoms. The number of anilines is 1.